The molecule has 0 radical (unpaired) electrons. The van der Waals surface area contributed by atoms with Crippen molar-refractivity contribution in [2.24, 2.45) is 0 Å². The van der Waals surface area contributed by atoms with E-state index in [1.807, 2.05) is 0 Å². The van der Waals surface area contributed by atoms with E-state index < -0.39 is 5.97 Å². The average molecular weight is 264 g/mol. The Kier molecular flexibility index (Phi) is 6.03. The Morgan fingerprint density at radius 1 is 1.43 bits per heavy atom. The van der Waals surface area contributed by atoms with Crippen LogP contribution in [-0.2, 0) is 11.3 Å². The second-order valence-electron chi connectivity index (χ2n) is 2.75. The van der Waals surface area contributed by atoms with Crippen molar-refractivity contribution in [1.29, 1.82) is 0 Å². The topological polar surface area (TPSA) is 41.2 Å². The third-order valence-electron chi connectivity index (χ3n) is 1.66. The lowest BCUT2D eigenvalue weighted by atomic mass is 10.3. The average Bonchev–Trinajstić information content (AvgIpc) is 2.08. The summed E-state index contributed by atoms with van der Waals surface area (Å²) < 4.78 is 14.2. The molecule has 1 N–H and O–H groups in total. The highest BCUT2D eigenvalue weighted by atomic mass is 79.9. The first-order chi connectivity index (χ1) is 6.18. The molecule has 0 aromatic carbocycles. The molecule has 0 spiro atoms. The number of hydrogen-bond acceptors (Lipinski definition) is 1. The molecule has 3 nitrogen and oxygen atoms in total. The van der Waals surface area contributed by atoms with Crippen LogP contribution < -0.4 is 21.5 Å². The molecule has 14 heavy (non-hydrogen) atoms. The van der Waals surface area contributed by atoms with Gasteiger partial charge in [-0.2, -0.15) is 0 Å². The lowest BCUT2D eigenvalue weighted by Crippen LogP contribution is -3.00. The van der Waals surface area contributed by atoms with Gasteiger partial charge in [0.15, 0.2) is 12.4 Å². The van der Waals surface area contributed by atoms with Crippen LogP contribution in [0.5, 0.6) is 0 Å². The predicted molar refractivity (Wildman–Crippen MR) is 43.5 cm³/mol. The first kappa shape index (κ1) is 13.0. The van der Waals surface area contributed by atoms with Gasteiger partial charge in [-0.05, 0) is 0 Å². The van der Waals surface area contributed by atoms with Gasteiger partial charge in [-0.15, -0.1) is 0 Å². The van der Waals surface area contributed by atoms with E-state index in [0.29, 0.717) is 13.0 Å². The maximum absolute atomic E-state index is 12.4. The van der Waals surface area contributed by atoms with Gasteiger partial charge in [0.2, 0.25) is 0 Å². The lowest BCUT2D eigenvalue weighted by Gasteiger charge is -1.94. The summed E-state index contributed by atoms with van der Waals surface area (Å²) in [6.45, 7) is 0.604. The second kappa shape index (κ2) is 6.48. The fraction of sp³-hybridized carbons (Fsp3) is 0.333. The maximum Gasteiger partial charge on any atom is 0.303 e. The highest BCUT2D eigenvalue weighted by Gasteiger charge is 2.02. The van der Waals surface area contributed by atoms with Crippen LogP contribution in [0.2, 0.25) is 0 Å². The Balaban J connectivity index is 0.00000169. The van der Waals surface area contributed by atoms with E-state index in [2.05, 4.69) is 0 Å². The number of aliphatic carboxylic acids is 1. The fourth-order valence-corrected chi connectivity index (χ4v) is 1.00. The van der Waals surface area contributed by atoms with Gasteiger partial charge in [0.05, 0.1) is 6.42 Å². The molecule has 78 valence electrons. The first-order valence-corrected chi connectivity index (χ1v) is 4.05. The SMILES string of the molecule is O=C(O)CCC[n+]1ccc(F)cc1.[Br-]. The number of hydrogen-bond donors (Lipinski definition) is 1. The normalized spacial score (nSPS) is 9.21. The van der Waals surface area contributed by atoms with Crippen LogP contribution in [0.3, 0.4) is 0 Å². The number of carboxylic acid groups (broad SMARTS) is 1. The molecule has 0 bridgehead atoms. The zero-order valence-electron chi connectivity index (χ0n) is 7.49. The van der Waals surface area contributed by atoms with Gasteiger partial charge < -0.3 is 22.1 Å². The summed E-state index contributed by atoms with van der Waals surface area (Å²) in [5.41, 5.74) is 0. The third-order valence-corrected chi connectivity index (χ3v) is 1.66. The highest BCUT2D eigenvalue weighted by Crippen LogP contribution is 1.92. The van der Waals surface area contributed by atoms with Crippen molar-refractivity contribution >= 4 is 5.97 Å². The van der Waals surface area contributed by atoms with Crippen molar-refractivity contribution < 1.29 is 35.8 Å². The number of carboxylic acids is 1. The van der Waals surface area contributed by atoms with E-state index in [9.17, 15) is 9.18 Å². The molecule has 0 aliphatic carbocycles. The summed E-state index contributed by atoms with van der Waals surface area (Å²) in [5.74, 6) is -1.09. The maximum atomic E-state index is 12.4. The van der Waals surface area contributed by atoms with Crippen LogP contribution in [-0.4, -0.2) is 11.1 Å². The van der Waals surface area contributed by atoms with Crippen LogP contribution in [0.1, 0.15) is 12.8 Å². The van der Waals surface area contributed by atoms with Crippen LogP contribution in [0.25, 0.3) is 0 Å². The van der Waals surface area contributed by atoms with Gasteiger partial charge in [-0.3, -0.25) is 4.79 Å². The highest BCUT2D eigenvalue weighted by molar-refractivity contribution is 5.66. The molecular weight excluding hydrogens is 253 g/mol. The molecule has 0 amide bonds. The van der Waals surface area contributed by atoms with Gasteiger partial charge in [-0.1, -0.05) is 0 Å². The van der Waals surface area contributed by atoms with Crippen molar-refractivity contribution in [2.45, 2.75) is 19.4 Å². The molecule has 1 heterocycles. The van der Waals surface area contributed by atoms with Crippen LogP contribution in [0, 0.1) is 5.82 Å². The molecule has 0 atom stereocenters. The molecule has 1 aromatic heterocycles. The number of aromatic nitrogens is 1. The van der Waals surface area contributed by atoms with Gasteiger partial charge in [0, 0.05) is 18.6 Å². The van der Waals surface area contributed by atoms with Crippen LogP contribution in [0.15, 0.2) is 24.5 Å². The molecule has 0 saturated carbocycles. The van der Waals surface area contributed by atoms with E-state index >= 15 is 0 Å². The quantitative estimate of drug-likeness (QED) is 0.638. The van der Waals surface area contributed by atoms with Crippen molar-refractivity contribution in [3.8, 4) is 0 Å². The smallest absolute Gasteiger partial charge is 0.303 e. The molecular formula is C9H11BrFNO2. The Labute approximate surface area is 92.0 Å². The van der Waals surface area contributed by atoms with Crippen molar-refractivity contribution in [1.82, 2.24) is 0 Å². The standard InChI is InChI=1S/C9H10FNO2.BrH/c10-8-3-6-11(7-4-8)5-1-2-9(12)13;/h3-4,6-7H,1-2,5H2;1H. The zero-order valence-corrected chi connectivity index (χ0v) is 9.08. The first-order valence-electron chi connectivity index (χ1n) is 4.05. The van der Waals surface area contributed by atoms with E-state index in [4.69, 9.17) is 5.11 Å². The molecule has 0 aliphatic heterocycles. The minimum absolute atomic E-state index is 0. The number of rotatable bonds is 4. The Morgan fingerprint density at radius 3 is 2.50 bits per heavy atom. The van der Waals surface area contributed by atoms with Gasteiger partial charge >= 0.3 is 5.97 Å². The number of pyridine rings is 1. The number of carbonyl (C=O) groups is 1. The van der Waals surface area contributed by atoms with Gasteiger partial charge in [0.25, 0.3) is 0 Å². The van der Waals surface area contributed by atoms with E-state index in [1.54, 1.807) is 17.0 Å². The number of aryl methyl sites for hydroxylation is 1. The lowest BCUT2D eigenvalue weighted by molar-refractivity contribution is -0.697. The molecule has 1 rings (SSSR count). The van der Waals surface area contributed by atoms with Crippen molar-refractivity contribution in [3.05, 3.63) is 30.3 Å². The summed E-state index contributed by atoms with van der Waals surface area (Å²) >= 11 is 0. The Bertz CT molecular complexity index is 289. The van der Waals surface area contributed by atoms with E-state index in [1.165, 1.54) is 12.1 Å². The molecule has 0 saturated heterocycles. The summed E-state index contributed by atoms with van der Waals surface area (Å²) in [5, 5.41) is 8.37. The third kappa shape index (κ3) is 4.91. The van der Waals surface area contributed by atoms with Gasteiger partial charge in [0.1, 0.15) is 12.4 Å². The Morgan fingerprint density at radius 2 is 2.00 bits per heavy atom. The molecule has 0 aliphatic rings. The molecule has 5 heteroatoms. The number of halogens is 2. The van der Waals surface area contributed by atoms with E-state index in [0.717, 1.165) is 0 Å². The summed E-state index contributed by atoms with van der Waals surface area (Å²) in [6, 6.07) is 2.70. The van der Waals surface area contributed by atoms with E-state index in [-0.39, 0.29) is 29.2 Å². The fourth-order valence-electron chi connectivity index (χ4n) is 1.00. The molecule has 0 unspecified atom stereocenters. The van der Waals surface area contributed by atoms with Gasteiger partial charge in [-0.25, -0.2) is 8.96 Å². The predicted octanol–water partition coefficient (Wildman–Crippen LogP) is -2.02. The monoisotopic (exact) mass is 263 g/mol. The second-order valence-corrected chi connectivity index (χ2v) is 2.75. The summed E-state index contributed by atoms with van der Waals surface area (Å²) in [6.07, 6.45) is 3.89. The van der Waals surface area contributed by atoms with Crippen molar-refractivity contribution in [2.75, 3.05) is 0 Å². The minimum Gasteiger partial charge on any atom is -1.00 e. The van der Waals surface area contributed by atoms with Crippen LogP contribution >= 0.6 is 0 Å². The summed E-state index contributed by atoms with van der Waals surface area (Å²) in [7, 11) is 0. The largest absolute Gasteiger partial charge is 1.00 e. The Hall–Kier alpha value is -0.970. The minimum atomic E-state index is -0.803. The number of nitrogens with zero attached hydrogens (tertiary/aromatic N) is 1. The van der Waals surface area contributed by atoms with Crippen LogP contribution in [0.4, 0.5) is 4.39 Å². The summed E-state index contributed by atoms with van der Waals surface area (Å²) in [4.78, 5) is 10.2. The van der Waals surface area contributed by atoms with Crippen molar-refractivity contribution in [3.63, 3.8) is 0 Å². The zero-order chi connectivity index (χ0) is 9.68. The molecule has 1 aromatic rings. The molecule has 0 fully saturated rings.